The molecule has 0 atom stereocenters. The number of rotatable bonds is 2. The van der Waals surface area contributed by atoms with Crippen LogP contribution < -0.4 is 0 Å². The predicted molar refractivity (Wildman–Crippen MR) is 38.0 cm³/mol. The molecule has 0 spiro atoms. The molecule has 0 heterocycles. The lowest BCUT2D eigenvalue weighted by Crippen LogP contribution is -1.80. The first-order chi connectivity index (χ1) is 3.66. The van der Waals surface area contributed by atoms with E-state index in [-0.39, 0.29) is 5.78 Å². The van der Waals surface area contributed by atoms with Crippen LogP contribution in [0.5, 0.6) is 0 Å². The summed E-state index contributed by atoms with van der Waals surface area (Å²) in [6.07, 6.45) is 3.58. The van der Waals surface area contributed by atoms with Gasteiger partial charge in [0, 0.05) is 0 Å². The van der Waals surface area contributed by atoms with Crippen LogP contribution in [-0.2, 0) is 4.79 Å². The van der Waals surface area contributed by atoms with Gasteiger partial charge in [0.2, 0.25) is 0 Å². The molecule has 0 N–H and O–H groups in total. The largest absolute Gasteiger partial charge is 0.295 e. The Kier molecular flexibility index (Phi) is 3.61. The highest BCUT2D eigenvalue weighted by Gasteiger charge is 1.85. The number of allylic oxidation sites excluding steroid dienone is 2. The van der Waals surface area contributed by atoms with Crippen molar-refractivity contribution in [2.45, 2.75) is 13.8 Å². The molecule has 0 fully saturated rings. The quantitative estimate of drug-likeness (QED) is 0.530. The Bertz CT molecular complexity index is 116. The number of thioether (sulfide) groups is 1. The smallest absolute Gasteiger partial charge is 0.153 e. The van der Waals surface area contributed by atoms with Crippen LogP contribution in [0.25, 0.3) is 0 Å². The second kappa shape index (κ2) is 3.72. The molecule has 0 saturated carbocycles. The Morgan fingerprint density at radius 2 is 2.00 bits per heavy atom. The minimum absolute atomic E-state index is 0.122. The molecule has 1 nitrogen and oxygen atoms in total. The van der Waals surface area contributed by atoms with E-state index in [0.29, 0.717) is 0 Å². The van der Waals surface area contributed by atoms with Gasteiger partial charge in [0.25, 0.3) is 0 Å². The van der Waals surface area contributed by atoms with E-state index in [1.165, 1.54) is 0 Å². The van der Waals surface area contributed by atoms with Crippen LogP contribution in [0.3, 0.4) is 0 Å². The molecular weight excluding hydrogens is 120 g/mol. The van der Waals surface area contributed by atoms with E-state index < -0.39 is 0 Å². The summed E-state index contributed by atoms with van der Waals surface area (Å²) < 4.78 is 0. The van der Waals surface area contributed by atoms with Gasteiger partial charge in [-0.2, -0.15) is 0 Å². The maximum Gasteiger partial charge on any atom is 0.153 e. The van der Waals surface area contributed by atoms with E-state index in [2.05, 4.69) is 0 Å². The van der Waals surface area contributed by atoms with E-state index in [1.807, 2.05) is 13.2 Å². The van der Waals surface area contributed by atoms with Gasteiger partial charge >= 0.3 is 0 Å². The zero-order chi connectivity index (χ0) is 6.57. The van der Waals surface area contributed by atoms with E-state index >= 15 is 0 Å². The fraction of sp³-hybridized carbons (Fsp3) is 0.500. The van der Waals surface area contributed by atoms with Crippen molar-refractivity contribution in [1.82, 2.24) is 0 Å². The van der Waals surface area contributed by atoms with Gasteiger partial charge in [-0.1, -0.05) is 0 Å². The fourth-order valence-corrected chi connectivity index (χ4v) is 0.629. The maximum absolute atomic E-state index is 10.3. The number of hydrogen-bond acceptors (Lipinski definition) is 2. The molecule has 0 unspecified atom stereocenters. The highest BCUT2D eigenvalue weighted by molar-refractivity contribution is 8.02. The monoisotopic (exact) mass is 130 g/mol. The standard InChI is InChI=1S/C6H10OS/c1-5(7)4-6(2)8-3/h4H,1-3H3. The first kappa shape index (κ1) is 7.76. The molecule has 0 aromatic carbocycles. The van der Waals surface area contributed by atoms with Crippen LogP contribution in [0.15, 0.2) is 11.0 Å². The van der Waals surface area contributed by atoms with Gasteiger partial charge in [-0.25, -0.2) is 0 Å². The lowest BCUT2D eigenvalue weighted by Gasteiger charge is -1.88. The summed E-state index contributed by atoms with van der Waals surface area (Å²) >= 11 is 1.59. The van der Waals surface area contributed by atoms with Gasteiger partial charge in [0.05, 0.1) is 0 Å². The van der Waals surface area contributed by atoms with Crippen LogP contribution in [-0.4, -0.2) is 12.0 Å². The van der Waals surface area contributed by atoms with Crippen LogP contribution >= 0.6 is 11.8 Å². The summed E-state index contributed by atoms with van der Waals surface area (Å²) in [6.45, 7) is 3.48. The summed E-state index contributed by atoms with van der Waals surface area (Å²) in [4.78, 5) is 11.4. The van der Waals surface area contributed by atoms with E-state index in [0.717, 1.165) is 4.91 Å². The molecule has 0 aliphatic heterocycles. The van der Waals surface area contributed by atoms with Crippen molar-refractivity contribution < 1.29 is 4.79 Å². The molecule has 0 aromatic rings. The molecule has 0 rings (SSSR count). The van der Waals surface area contributed by atoms with Crippen LogP contribution in [0, 0.1) is 0 Å². The SMILES string of the molecule is CSC(C)=CC(C)=O. The van der Waals surface area contributed by atoms with Gasteiger partial charge in [-0.05, 0) is 31.1 Å². The Morgan fingerprint density at radius 1 is 1.50 bits per heavy atom. The molecule has 0 radical (unpaired) electrons. The number of ketones is 1. The third-order valence-corrected chi connectivity index (χ3v) is 1.49. The molecule has 46 valence electrons. The van der Waals surface area contributed by atoms with Gasteiger partial charge < -0.3 is 0 Å². The average Bonchev–Trinajstić information content (AvgIpc) is 1.65. The van der Waals surface area contributed by atoms with Gasteiger partial charge in [-0.15, -0.1) is 11.8 Å². The molecule has 0 bridgehead atoms. The Balaban J connectivity index is 3.75. The minimum Gasteiger partial charge on any atom is -0.295 e. The molecule has 0 aromatic heterocycles. The van der Waals surface area contributed by atoms with Gasteiger partial charge in [0.1, 0.15) is 0 Å². The average molecular weight is 130 g/mol. The van der Waals surface area contributed by atoms with E-state index in [9.17, 15) is 4.79 Å². The van der Waals surface area contributed by atoms with Crippen molar-refractivity contribution in [2.24, 2.45) is 0 Å². The summed E-state index contributed by atoms with van der Waals surface area (Å²) in [7, 11) is 0. The van der Waals surface area contributed by atoms with Gasteiger partial charge in [0.15, 0.2) is 5.78 Å². The Hall–Kier alpha value is -0.240. The zero-order valence-corrected chi connectivity index (χ0v) is 6.21. The van der Waals surface area contributed by atoms with Crippen molar-refractivity contribution in [3.63, 3.8) is 0 Å². The number of carbonyl (C=O) groups excluding carboxylic acids is 1. The van der Waals surface area contributed by atoms with E-state index in [1.54, 1.807) is 24.8 Å². The Morgan fingerprint density at radius 3 is 2.12 bits per heavy atom. The number of hydrogen-bond donors (Lipinski definition) is 0. The molecule has 8 heavy (non-hydrogen) atoms. The highest BCUT2D eigenvalue weighted by Crippen LogP contribution is 2.08. The third-order valence-electron chi connectivity index (χ3n) is 0.729. The lowest BCUT2D eigenvalue weighted by molar-refractivity contribution is -0.112. The normalized spacial score (nSPS) is 11.6. The molecule has 0 aliphatic rings. The summed E-state index contributed by atoms with van der Waals surface area (Å²) in [5, 5.41) is 0. The first-order valence-corrected chi connectivity index (χ1v) is 3.62. The van der Waals surface area contributed by atoms with Crippen LogP contribution in [0.2, 0.25) is 0 Å². The third kappa shape index (κ3) is 3.93. The maximum atomic E-state index is 10.3. The van der Waals surface area contributed by atoms with Crippen LogP contribution in [0.1, 0.15) is 13.8 Å². The lowest BCUT2D eigenvalue weighted by atomic mass is 10.4. The van der Waals surface area contributed by atoms with Gasteiger partial charge in [-0.3, -0.25) is 4.79 Å². The predicted octanol–water partition coefficient (Wildman–Crippen LogP) is 1.84. The highest BCUT2D eigenvalue weighted by atomic mass is 32.2. The van der Waals surface area contributed by atoms with Crippen LogP contribution in [0.4, 0.5) is 0 Å². The first-order valence-electron chi connectivity index (χ1n) is 2.39. The molecule has 0 saturated heterocycles. The molecule has 0 aliphatic carbocycles. The summed E-state index contributed by atoms with van der Waals surface area (Å²) in [6, 6.07) is 0. The summed E-state index contributed by atoms with van der Waals surface area (Å²) in [5.74, 6) is 0.122. The fourth-order valence-electron chi connectivity index (χ4n) is 0.345. The zero-order valence-electron chi connectivity index (χ0n) is 5.39. The minimum atomic E-state index is 0.122. The molecular formula is C6H10OS. The topological polar surface area (TPSA) is 17.1 Å². The molecule has 0 amide bonds. The number of carbonyl (C=O) groups is 1. The van der Waals surface area contributed by atoms with Crippen molar-refractivity contribution in [2.75, 3.05) is 6.26 Å². The van der Waals surface area contributed by atoms with Crippen molar-refractivity contribution >= 4 is 17.5 Å². The van der Waals surface area contributed by atoms with Crippen molar-refractivity contribution in [3.05, 3.63) is 11.0 Å². The summed E-state index contributed by atoms with van der Waals surface area (Å²) in [5.41, 5.74) is 0. The second-order valence-corrected chi connectivity index (χ2v) is 2.62. The molecule has 2 heteroatoms. The van der Waals surface area contributed by atoms with E-state index in [4.69, 9.17) is 0 Å². The van der Waals surface area contributed by atoms with Crippen molar-refractivity contribution in [3.8, 4) is 0 Å². The van der Waals surface area contributed by atoms with Crippen molar-refractivity contribution in [1.29, 1.82) is 0 Å². The Labute approximate surface area is 54.2 Å². The second-order valence-electron chi connectivity index (χ2n) is 1.57.